The Labute approximate surface area is 192 Å². The van der Waals surface area contributed by atoms with Gasteiger partial charge in [-0.2, -0.15) is 0 Å². The van der Waals surface area contributed by atoms with Crippen LogP contribution in [0.5, 0.6) is 0 Å². The van der Waals surface area contributed by atoms with Gasteiger partial charge in [-0.15, -0.1) is 0 Å². The summed E-state index contributed by atoms with van der Waals surface area (Å²) >= 11 is 0. The average Bonchev–Trinajstić information content (AvgIpc) is 3.39. The van der Waals surface area contributed by atoms with Crippen molar-refractivity contribution in [2.45, 2.75) is 25.8 Å². The minimum absolute atomic E-state index is 0.121. The van der Waals surface area contributed by atoms with Crippen LogP contribution < -0.4 is 20.7 Å². The zero-order valence-corrected chi connectivity index (χ0v) is 18.7. The summed E-state index contributed by atoms with van der Waals surface area (Å²) in [4.78, 5) is 34.9. The van der Waals surface area contributed by atoms with E-state index in [0.29, 0.717) is 12.4 Å². The first-order chi connectivity index (χ1) is 16.2. The van der Waals surface area contributed by atoms with Crippen molar-refractivity contribution in [3.63, 3.8) is 0 Å². The molecule has 2 aliphatic rings. The molecule has 0 unspecified atom stereocenters. The van der Waals surface area contributed by atoms with Gasteiger partial charge < -0.3 is 24.4 Å². The number of rotatable bonds is 6. The molecule has 3 aromatic rings. The molecule has 1 amide bonds. The number of aryl methyl sites for hydroxylation is 1. The number of carbonyl (C=O) groups is 1. The Kier molecular flexibility index (Phi) is 6.26. The molecule has 2 aromatic carbocycles. The van der Waals surface area contributed by atoms with Crippen LogP contribution >= 0.6 is 0 Å². The molecule has 172 valence electrons. The summed E-state index contributed by atoms with van der Waals surface area (Å²) in [7, 11) is 0. The number of anilines is 3. The number of amides is 1. The second-order valence-corrected chi connectivity index (χ2v) is 8.52. The number of nitrogens with zero attached hydrogens (tertiary/aromatic N) is 4. The van der Waals surface area contributed by atoms with E-state index in [9.17, 15) is 9.59 Å². The minimum Gasteiger partial charge on any atom is -0.378 e. The number of carbonyl (C=O) groups excluding carboxylic acids is 1. The van der Waals surface area contributed by atoms with E-state index in [1.807, 2.05) is 48.5 Å². The van der Waals surface area contributed by atoms with Crippen LogP contribution in [0.1, 0.15) is 19.3 Å². The zero-order chi connectivity index (χ0) is 22.6. The standard InChI is InChI=1S/C25H29N5O3/c31-23(26-19-7-9-20(10-8-19)28-15-17-33-18-16-28)11-14-30-22-6-2-1-5-21(22)27-24(25(30)32)29-12-3-4-13-29/h1-2,5-10H,3-4,11-18H2,(H,26,31). The summed E-state index contributed by atoms with van der Waals surface area (Å²) in [5, 5.41) is 2.96. The van der Waals surface area contributed by atoms with Gasteiger partial charge in [0.1, 0.15) is 0 Å². The van der Waals surface area contributed by atoms with Crippen LogP contribution in [0.4, 0.5) is 17.2 Å². The van der Waals surface area contributed by atoms with E-state index < -0.39 is 0 Å². The monoisotopic (exact) mass is 447 g/mol. The van der Waals surface area contributed by atoms with Gasteiger partial charge in [0.2, 0.25) is 5.91 Å². The maximum atomic E-state index is 13.2. The molecule has 0 radical (unpaired) electrons. The highest BCUT2D eigenvalue weighted by Gasteiger charge is 2.20. The fraction of sp³-hybridized carbons (Fsp3) is 0.400. The lowest BCUT2D eigenvalue weighted by Gasteiger charge is -2.28. The lowest BCUT2D eigenvalue weighted by Crippen LogP contribution is -2.36. The molecule has 1 aromatic heterocycles. The number of hydrogen-bond donors (Lipinski definition) is 1. The lowest BCUT2D eigenvalue weighted by molar-refractivity contribution is -0.116. The third kappa shape index (κ3) is 4.71. The Morgan fingerprint density at radius 2 is 1.67 bits per heavy atom. The van der Waals surface area contributed by atoms with Crippen LogP contribution in [0.15, 0.2) is 53.3 Å². The Balaban J connectivity index is 1.29. The highest BCUT2D eigenvalue weighted by molar-refractivity contribution is 5.91. The Morgan fingerprint density at radius 3 is 2.42 bits per heavy atom. The number of hydrogen-bond acceptors (Lipinski definition) is 6. The van der Waals surface area contributed by atoms with Crippen LogP contribution in [-0.4, -0.2) is 54.9 Å². The summed E-state index contributed by atoms with van der Waals surface area (Å²) in [6.45, 7) is 5.23. The fourth-order valence-electron chi connectivity index (χ4n) is 4.55. The number of nitrogens with one attached hydrogen (secondary N) is 1. The summed E-state index contributed by atoms with van der Waals surface area (Å²) in [5.74, 6) is 0.370. The maximum absolute atomic E-state index is 13.2. The molecule has 33 heavy (non-hydrogen) atoms. The molecule has 0 saturated carbocycles. The van der Waals surface area contributed by atoms with Gasteiger partial charge in [0, 0.05) is 50.5 Å². The molecule has 8 nitrogen and oxygen atoms in total. The first-order valence-corrected chi connectivity index (χ1v) is 11.7. The number of fused-ring (bicyclic) bond motifs is 1. The van der Waals surface area contributed by atoms with E-state index in [1.165, 1.54) is 0 Å². The van der Waals surface area contributed by atoms with Crippen LogP contribution in [-0.2, 0) is 16.1 Å². The Bertz CT molecular complexity index is 1180. The second kappa shape index (κ2) is 9.62. The molecule has 1 N–H and O–H groups in total. The van der Waals surface area contributed by atoms with Crippen LogP contribution in [0.2, 0.25) is 0 Å². The fourth-order valence-corrected chi connectivity index (χ4v) is 4.55. The number of benzene rings is 2. The van der Waals surface area contributed by atoms with E-state index in [0.717, 1.165) is 74.6 Å². The minimum atomic E-state index is -0.127. The first-order valence-electron chi connectivity index (χ1n) is 11.7. The number of aromatic nitrogens is 2. The van der Waals surface area contributed by atoms with E-state index in [2.05, 4.69) is 20.1 Å². The van der Waals surface area contributed by atoms with Crippen molar-refractivity contribution >= 4 is 34.1 Å². The van der Waals surface area contributed by atoms with Gasteiger partial charge in [-0.3, -0.25) is 9.59 Å². The highest BCUT2D eigenvalue weighted by Crippen LogP contribution is 2.20. The van der Waals surface area contributed by atoms with Crippen molar-refractivity contribution in [1.29, 1.82) is 0 Å². The quantitative estimate of drug-likeness (QED) is 0.626. The molecule has 8 heteroatoms. The van der Waals surface area contributed by atoms with Crippen molar-refractivity contribution < 1.29 is 9.53 Å². The van der Waals surface area contributed by atoms with E-state index in [1.54, 1.807) is 4.57 Å². The van der Waals surface area contributed by atoms with Crippen molar-refractivity contribution in [3.05, 3.63) is 58.9 Å². The second-order valence-electron chi connectivity index (χ2n) is 8.52. The van der Waals surface area contributed by atoms with Gasteiger partial charge in [0.15, 0.2) is 5.82 Å². The van der Waals surface area contributed by atoms with E-state index >= 15 is 0 Å². The molecular formula is C25H29N5O3. The predicted molar refractivity (Wildman–Crippen MR) is 130 cm³/mol. The zero-order valence-electron chi connectivity index (χ0n) is 18.7. The summed E-state index contributed by atoms with van der Waals surface area (Å²) in [6.07, 6.45) is 2.35. The van der Waals surface area contributed by atoms with E-state index in [4.69, 9.17) is 4.74 Å². The molecule has 0 bridgehead atoms. The van der Waals surface area contributed by atoms with Crippen molar-refractivity contribution in [1.82, 2.24) is 9.55 Å². The molecule has 0 spiro atoms. The van der Waals surface area contributed by atoms with E-state index in [-0.39, 0.29) is 17.9 Å². The molecule has 3 heterocycles. The van der Waals surface area contributed by atoms with Crippen molar-refractivity contribution in [2.24, 2.45) is 0 Å². The molecule has 5 rings (SSSR count). The Hall–Kier alpha value is -3.39. The summed E-state index contributed by atoms with van der Waals surface area (Å²) in [6, 6.07) is 15.5. The van der Waals surface area contributed by atoms with Crippen LogP contribution in [0, 0.1) is 0 Å². The lowest BCUT2D eigenvalue weighted by atomic mass is 10.2. The third-order valence-electron chi connectivity index (χ3n) is 6.33. The topological polar surface area (TPSA) is 79.7 Å². The predicted octanol–water partition coefficient (Wildman–Crippen LogP) is 2.86. The molecule has 0 aliphatic carbocycles. The molecular weight excluding hydrogens is 418 g/mol. The van der Waals surface area contributed by atoms with Gasteiger partial charge >= 0.3 is 0 Å². The summed E-state index contributed by atoms with van der Waals surface area (Å²) < 4.78 is 7.09. The number of ether oxygens (including phenoxy) is 1. The van der Waals surface area contributed by atoms with Gasteiger partial charge in [0.25, 0.3) is 5.56 Å². The SMILES string of the molecule is O=C(CCn1c(=O)c(N2CCCC2)nc2ccccc21)Nc1ccc(N2CCOCC2)cc1. The molecule has 2 saturated heterocycles. The maximum Gasteiger partial charge on any atom is 0.294 e. The van der Waals surface area contributed by atoms with Crippen LogP contribution in [0.25, 0.3) is 11.0 Å². The smallest absolute Gasteiger partial charge is 0.294 e. The van der Waals surface area contributed by atoms with Crippen molar-refractivity contribution in [2.75, 3.05) is 54.5 Å². The Morgan fingerprint density at radius 1 is 0.939 bits per heavy atom. The van der Waals surface area contributed by atoms with Gasteiger partial charge in [0.05, 0.1) is 24.2 Å². The molecule has 0 atom stereocenters. The highest BCUT2D eigenvalue weighted by atomic mass is 16.5. The largest absolute Gasteiger partial charge is 0.378 e. The number of morpholine rings is 1. The normalized spacial score (nSPS) is 16.4. The molecule has 2 aliphatic heterocycles. The average molecular weight is 448 g/mol. The van der Waals surface area contributed by atoms with Gasteiger partial charge in [-0.1, -0.05) is 12.1 Å². The summed E-state index contributed by atoms with van der Waals surface area (Å²) in [5.41, 5.74) is 3.28. The van der Waals surface area contributed by atoms with Gasteiger partial charge in [-0.25, -0.2) is 4.98 Å². The number of para-hydroxylation sites is 2. The first kappa shape index (κ1) is 21.5. The third-order valence-corrected chi connectivity index (χ3v) is 6.33. The molecule has 2 fully saturated rings. The van der Waals surface area contributed by atoms with Crippen LogP contribution in [0.3, 0.4) is 0 Å². The van der Waals surface area contributed by atoms with Gasteiger partial charge in [-0.05, 0) is 49.2 Å². The van der Waals surface area contributed by atoms with Crippen molar-refractivity contribution in [3.8, 4) is 0 Å².